The number of hydrogen-bond donors (Lipinski definition) is 0. The lowest BCUT2D eigenvalue weighted by Crippen LogP contribution is -2.04. The molecule has 0 N–H and O–H groups in total. The number of furan rings is 1. The third-order valence-corrected chi connectivity index (χ3v) is 2.59. The van der Waals surface area contributed by atoms with Crippen LogP contribution < -0.4 is 0 Å². The van der Waals surface area contributed by atoms with E-state index in [2.05, 4.69) is 10.2 Å². The van der Waals surface area contributed by atoms with Crippen LogP contribution in [0.15, 0.2) is 39.4 Å². The first kappa shape index (κ1) is 11.5. The van der Waals surface area contributed by atoms with Gasteiger partial charge in [0.05, 0.1) is 12.2 Å². The van der Waals surface area contributed by atoms with E-state index in [1.165, 1.54) is 6.26 Å². The minimum absolute atomic E-state index is 0.165. The van der Waals surface area contributed by atoms with Gasteiger partial charge in [-0.05, 0) is 13.0 Å². The molecule has 3 aromatic rings. The average molecular weight is 258 g/mol. The van der Waals surface area contributed by atoms with Crippen LogP contribution in [0.5, 0.6) is 0 Å². The molecule has 0 radical (unpaired) electrons. The molecule has 0 saturated heterocycles. The molecule has 0 atom stereocenters. The number of carbonyl (C=O) groups excluding carboxylic acids is 1. The summed E-state index contributed by atoms with van der Waals surface area (Å²) in [6.07, 6.45) is 1.52. The summed E-state index contributed by atoms with van der Waals surface area (Å²) in [5, 5.41) is 8.35. The summed E-state index contributed by atoms with van der Waals surface area (Å²) in [6.45, 7) is 1.96. The number of ether oxygens (including phenoxy) is 1. The van der Waals surface area contributed by atoms with E-state index in [9.17, 15) is 4.79 Å². The molecule has 0 unspecified atom stereocenters. The summed E-state index contributed by atoms with van der Waals surface area (Å²) in [5.74, 6) is -0.566. The SMILES string of the molecule is CCOC(=O)c1nnc(-c2coc3ccccc23)o1. The van der Waals surface area contributed by atoms with Gasteiger partial charge in [-0.1, -0.05) is 18.2 Å². The van der Waals surface area contributed by atoms with Crippen molar-refractivity contribution in [3.05, 3.63) is 36.4 Å². The summed E-state index contributed by atoms with van der Waals surface area (Å²) >= 11 is 0. The number of carbonyl (C=O) groups is 1. The largest absolute Gasteiger partial charge is 0.463 e. The Kier molecular flexibility index (Phi) is 2.75. The molecule has 0 aliphatic rings. The van der Waals surface area contributed by atoms with Crippen LogP contribution in [0.25, 0.3) is 22.4 Å². The van der Waals surface area contributed by atoms with Crippen LogP contribution >= 0.6 is 0 Å². The third-order valence-electron chi connectivity index (χ3n) is 2.59. The summed E-state index contributed by atoms with van der Waals surface area (Å²) in [7, 11) is 0. The number of aromatic nitrogens is 2. The molecule has 0 fully saturated rings. The van der Waals surface area contributed by atoms with Gasteiger partial charge in [-0.2, -0.15) is 0 Å². The topological polar surface area (TPSA) is 78.4 Å². The molecule has 0 aliphatic carbocycles. The van der Waals surface area contributed by atoms with Crippen molar-refractivity contribution in [3.63, 3.8) is 0 Å². The summed E-state index contributed by atoms with van der Waals surface area (Å²) in [4.78, 5) is 11.4. The molecule has 96 valence electrons. The molecule has 0 saturated carbocycles. The predicted octanol–water partition coefficient (Wildman–Crippen LogP) is 2.66. The number of nitrogens with zero attached hydrogens (tertiary/aromatic N) is 2. The van der Waals surface area contributed by atoms with E-state index in [0.717, 1.165) is 5.39 Å². The van der Waals surface area contributed by atoms with Crippen LogP contribution in [0.2, 0.25) is 0 Å². The highest BCUT2D eigenvalue weighted by molar-refractivity contribution is 5.92. The Morgan fingerprint density at radius 2 is 2.16 bits per heavy atom. The van der Waals surface area contributed by atoms with Crippen LogP contribution in [0, 0.1) is 0 Å². The van der Waals surface area contributed by atoms with Crippen LogP contribution in [-0.4, -0.2) is 22.8 Å². The van der Waals surface area contributed by atoms with Crippen molar-refractivity contribution < 1.29 is 18.4 Å². The number of hydrogen-bond acceptors (Lipinski definition) is 6. The van der Waals surface area contributed by atoms with Gasteiger partial charge in [0.15, 0.2) is 0 Å². The number of esters is 1. The van der Waals surface area contributed by atoms with Crippen molar-refractivity contribution in [1.29, 1.82) is 0 Å². The fourth-order valence-corrected chi connectivity index (χ4v) is 1.75. The second kappa shape index (κ2) is 4.56. The zero-order valence-corrected chi connectivity index (χ0v) is 10.1. The second-order valence-electron chi connectivity index (χ2n) is 3.78. The molecule has 0 bridgehead atoms. The van der Waals surface area contributed by atoms with Crippen LogP contribution in [0.3, 0.4) is 0 Å². The average Bonchev–Trinajstić information content (AvgIpc) is 3.05. The number of para-hydroxylation sites is 1. The minimum atomic E-state index is -0.631. The maximum Gasteiger partial charge on any atom is 0.396 e. The van der Waals surface area contributed by atoms with Crippen LogP contribution in [0.1, 0.15) is 17.6 Å². The first-order chi connectivity index (χ1) is 9.29. The quantitative estimate of drug-likeness (QED) is 0.672. The van der Waals surface area contributed by atoms with E-state index in [0.29, 0.717) is 11.1 Å². The Balaban J connectivity index is 2.01. The van der Waals surface area contributed by atoms with E-state index in [4.69, 9.17) is 13.6 Å². The highest BCUT2D eigenvalue weighted by Gasteiger charge is 2.19. The van der Waals surface area contributed by atoms with Crippen molar-refractivity contribution in [3.8, 4) is 11.5 Å². The van der Waals surface area contributed by atoms with Gasteiger partial charge in [-0.3, -0.25) is 0 Å². The molecular weight excluding hydrogens is 248 g/mol. The summed E-state index contributed by atoms with van der Waals surface area (Å²) in [5.41, 5.74) is 1.37. The summed E-state index contributed by atoms with van der Waals surface area (Å²) < 4.78 is 15.5. The minimum Gasteiger partial charge on any atom is -0.463 e. The molecule has 0 aliphatic heterocycles. The first-order valence-corrected chi connectivity index (χ1v) is 5.77. The number of fused-ring (bicyclic) bond motifs is 1. The molecule has 2 heterocycles. The van der Waals surface area contributed by atoms with Gasteiger partial charge in [0.2, 0.25) is 0 Å². The van der Waals surface area contributed by atoms with E-state index < -0.39 is 5.97 Å². The van der Waals surface area contributed by atoms with Gasteiger partial charge in [-0.25, -0.2) is 4.79 Å². The fraction of sp³-hybridized carbons (Fsp3) is 0.154. The van der Waals surface area contributed by atoms with Crippen LogP contribution in [0.4, 0.5) is 0 Å². The van der Waals surface area contributed by atoms with Crippen molar-refractivity contribution in [2.45, 2.75) is 6.92 Å². The van der Waals surface area contributed by atoms with Crippen molar-refractivity contribution >= 4 is 16.9 Å². The van der Waals surface area contributed by atoms with Crippen molar-refractivity contribution in [1.82, 2.24) is 10.2 Å². The second-order valence-corrected chi connectivity index (χ2v) is 3.78. The van der Waals surface area contributed by atoms with Gasteiger partial charge in [0.1, 0.15) is 11.8 Å². The first-order valence-electron chi connectivity index (χ1n) is 5.77. The lowest BCUT2D eigenvalue weighted by Gasteiger charge is -1.94. The smallest absolute Gasteiger partial charge is 0.396 e. The number of rotatable bonds is 3. The van der Waals surface area contributed by atoms with Gasteiger partial charge >= 0.3 is 11.9 Å². The maximum atomic E-state index is 11.4. The molecule has 2 aromatic heterocycles. The molecule has 1 aromatic carbocycles. The van der Waals surface area contributed by atoms with Crippen molar-refractivity contribution in [2.75, 3.05) is 6.61 Å². The molecule has 6 nitrogen and oxygen atoms in total. The summed E-state index contributed by atoms with van der Waals surface area (Å²) in [6, 6.07) is 7.46. The van der Waals surface area contributed by atoms with Gasteiger partial charge in [0, 0.05) is 5.39 Å². The zero-order chi connectivity index (χ0) is 13.2. The Morgan fingerprint density at radius 3 is 3.00 bits per heavy atom. The Morgan fingerprint density at radius 1 is 1.32 bits per heavy atom. The zero-order valence-electron chi connectivity index (χ0n) is 10.1. The van der Waals surface area contributed by atoms with Crippen molar-refractivity contribution in [2.24, 2.45) is 0 Å². The fourth-order valence-electron chi connectivity index (χ4n) is 1.75. The standard InChI is InChI=1S/C13H10N2O4/c1-2-17-13(16)12-15-14-11(19-12)9-7-18-10-6-4-3-5-8(9)10/h3-7H,2H2,1H3. The monoisotopic (exact) mass is 258 g/mol. The molecular formula is C13H10N2O4. The normalized spacial score (nSPS) is 10.8. The highest BCUT2D eigenvalue weighted by atomic mass is 16.5. The highest BCUT2D eigenvalue weighted by Crippen LogP contribution is 2.29. The molecule has 3 rings (SSSR count). The molecule has 0 spiro atoms. The van der Waals surface area contributed by atoms with E-state index in [-0.39, 0.29) is 18.4 Å². The van der Waals surface area contributed by atoms with Gasteiger partial charge < -0.3 is 13.6 Å². The Labute approximate surface area is 108 Å². The number of benzene rings is 1. The molecule has 0 amide bonds. The van der Waals surface area contributed by atoms with Gasteiger partial charge in [-0.15, -0.1) is 10.2 Å². The lowest BCUT2D eigenvalue weighted by molar-refractivity contribution is 0.0481. The van der Waals surface area contributed by atoms with E-state index in [1.54, 1.807) is 6.92 Å². The predicted molar refractivity (Wildman–Crippen MR) is 65.5 cm³/mol. The van der Waals surface area contributed by atoms with E-state index >= 15 is 0 Å². The van der Waals surface area contributed by atoms with Crippen LogP contribution in [-0.2, 0) is 4.74 Å². The maximum absolute atomic E-state index is 11.4. The third kappa shape index (κ3) is 1.97. The Bertz CT molecular complexity index is 729. The molecule has 6 heteroatoms. The Hall–Kier alpha value is -2.63. The van der Waals surface area contributed by atoms with Gasteiger partial charge in [0.25, 0.3) is 5.89 Å². The van der Waals surface area contributed by atoms with E-state index in [1.807, 2.05) is 24.3 Å². The lowest BCUT2D eigenvalue weighted by atomic mass is 10.2. The molecule has 19 heavy (non-hydrogen) atoms.